The average molecular weight is 188 g/mol. The summed E-state index contributed by atoms with van der Waals surface area (Å²) in [6.07, 6.45) is 2.45. The van der Waals surface area contributed by atoms with Crippen LogP contribution in [0.5, 0.6) is 0 Å². The molecule has 2 heteroatoms. The molecule has 0 spiro atoms. The summed E-state index contributed by atoms with van der Waals surface area (Å²) in [6.45, 7) is 10.2. The van der Waals surface area contributed by atoms with E-state index in [1.54, 1.807) is 17.8 Å². The molecule has 0 saturated heterocycles. The number of thioether (sulfide) groups is 1. The lowest BCUT2D eigenvalue weighted by atomic mass is 9.94. The van der Waals surface area contributed by atoms with Crippen molar-refractivity contribution in [1.82, 2.24) is 0 Å². The number of rotatable bonds is 5. The second-order valence-electron chi connectivity index (χ2n) is 4.19. The summed E-state index contributed by atoms with van der Waals surface area (Å²) in [5.41, 5.74) is 0.409. The van der Waals surface area contributed by atoms with Gasteiger partial charge in [-0.3, -0.25) is 0 Å². The quantitative estimate of drug-likeness (QED) is 0.529. The molecule has 0 bridgehead atoms. The Hall–Kier alpha value is 0.0500. The first-order chi connectivity index (χ1) is 5.45. The molecule has 1 N–H and O–H groups in total. The summed E-state index contributed by atoms with van der Waals surface area (Å²) >= 11 is 1.79. The fourth-order valence-corrected chi connectivity index (χ4v) is 1.95. The maximum atomic E-state index is 9.15. The van der Waals surface area contributed by atoms with Gasteiger partial charge in [-0.2, -0.15) is 11.8 Å². The first-order valence-corrected chi connectivity index (χ1v) is 5.49. The van der Waals surface area contributed by atoms with Crippen molar-refractivity contribution in [2.24, 2.45) is 5.41 Å². The van der Waals surface area contributed by atoms with E-state index in [1.807, 2.05) is 0 Å². The first kappa shape index (κ1) is 12.0. The highest BCUT2D eigenvalue weighted by Gasteiger charge is 2.09. The molecule has 0 radical (unpaired) electrons. The van der Waals surface area contributed by atoms with Crippen molar-refractivity contribution >= 4 is 11.8 Å². The van der Waals surface area contributed by atoms with Crippen molar-refractivity contribution < 1.29 is 5.11 Å². The zero-order valence-corrected chi connectivity index (χ0v) is 9.16. The monoisotopic (exact) mass is 188 g/mol. The summed E-state index contributed by atoms with van der Waals surface area (Å²) in [5.74, 6) is 1.90. The molecule has 0 aromatic rings. The highest BCUT2D eigenvalue weighted by Crippen LogP contribution is 2.21. The molecule has 0 fully saturated rings. The third-order valence-corrected chi connectivity index (χ3v) is 2.63. The molecule has 1 unspecified atom stereocenters. The first-order valence-electron chi connectivity index (χ1n) is 4.34. The Balaban J connectivity index is 3.27. The van der Waals surface area contributed by atoms with Crippen LogP contribution in [0.2, 0.25) is 0 Å². The fraction of sp³-hybridized carbons (Fsp3) is 0.800. The highest BCUT2D eigenvalue weighted by molar-refractivity contribution is 7.99. The van der Waals surface area contributed by atoms with Gasteiger partial charge in [-0.1, -0.05) is 26.8 Å². The van der Waals surface area contributed by atoms with E-state index in [9.17, 15) is 0 Å². The van der Waals surface area contributed by atoms with Gasteiger partial charge in [-0.05, 0) is 17.6 Å². The lowest BCUT2D eigenvalue weighted by Crippen LogP contribution is -2.09. The fourth-order valence-electron chi connectivity index (χ4n) is 0.650. The van der Waals surface area contributed by atoms with E-state index in [1.165, 1.54) is 6.42 Å². The molecule has 12 heavy (non-hydrogen) atoms. The Morgan fingerprint density at radius 1 is 1.50 bits per heavy atom. The molecule has 0 aliphatic rings. The minimum absolute atomic E-state index is 0.338. The van der Waals surface area contributed by atoms with E-state index in [2.05, 4.69) is 27.4 Å². The van der Waals surface area contributed by atoms with Gasteiger partial charge >= 0.3 is 0 Å². The van der Waals surface area contributed by atoms with E-state index in [4.69, 9.17) is 5.11 Å². The lowest BCUT2D eigenvalue weighted by Gasteiger charge is -2.17. The number of aliphatic hydroxyl groups excluding tert-OH is 1. The van der Waals surface area contributed by atoms with Crippen LogP contribution in [-0.2, 0) is 0 Å². The Labute approximate surface area is 80.3 Å². The van der Waals surface area contributed by atoms with Gasteiger partial charge in [0, 0.05) is 5.75 Å². The lowest BCUT2D eigenvalue weighted by molar-refractivity contribution is 0.249. The van der Waals surface area contributed by atoms with Crippen molar-refractivity contribution in [2.75, 3.05) is 11.5 Å². The van der Waals surface area contributed by atoms with Crippen molar-refractivity contribution in [3.63, 3.8) is 0 Å². The molecule has 1 nitrogen and oxygen atoms in total. The molecule has 0 aliphatic heterocycles. The van der Waals surface area contributed by atoms with Gasteiger partial charge in [0.05, 0.1) is 6.10 Å². The van der Waals surface area contributed by atoms with Gasteiger partial charge in [0.25, 0.3) is 0 Å². The molecule has 0 rings (SSSR count). The number of hydrogen-bond acceptors (Lipinski definition) is 2. The van der Waals surface area contributed by atoms with E-state index in [0.717, 1.165) is 11.5 Å². The van der Waals surface area contributed by atoms with Gasteiger partial charge in [-0.15, -0.1) is 6.58 Å². The topological polar surface area (TPSA) is 20.2 Å². The summed E-state index contributed by atoms with van der Waals surface area (Å²) in [6, 6.07) is 0. The van der Waals surface area contributed by atoms with Crippen LogP contribution in [0.15, 0.2) is 12.7 Å². The molecule has 0 amide bonds. The second-order valence-corrected chi connectivity index (χ2v) is 5.34. The molecule has 0 heterocycles. The molecule has 72 valence electrons. The minimum Gasteiger partial charge on any atom is -0.388 e. The van der Waals surface area contributed by atoms with Gasteiger partial charge in [0.15, 0.2) is 0 Å². The Morgan fingerprint density at radius 3 is 2.50 bits per heavy atom. The molecular weight excluding hydrogens is 168 g/mol. The maximum Gasteiger partial charge on any atom is 0.0808 e. The standard InChI is InChI=1S/C10H20OS/c1-5-9(11)8-12-7-6-10(2,3)4/h5,9,11H,1,6-8H2,2-4H3. The summed E-state index contributed by atoms with van der Waals surface area (Å²) in [7, 11) is 0. The SMILES string of the molecule is C=CC(O)CSCCC(C)(C)C. The van der Waals surface area contributed by atoms with Gasteiger partial charge in [-0.25, -0.2) is 0 Å². The van der Waals surface area contributed by atoms with Crippen LogP contribution in [0.4, 0.5) is 0 Å². The van der Waals surface area contributed by atoms with Crippen LogP contribution >= 0.6 is 11.8 Å². The Kier molecular flexibility index (Phi) is 5.68. The molecule has 0 aromatic heterocycles. The third kappa shape index (κ3) is 8.15. The van der Waals surface area contributed by atoms with Gasteiger partial charge in [0.2, 0.25) is 0 Å². The van der Waals surface area contributed by atoms with Crippen LogP contribution in [0.3, 0.4) is 0 Å². The maximum absolute atomic E-state index is 9.15. The normalized spacial score (nSPS) is 14.3. The zero-order chi connectivity index (χ0) is 9.61. The largest absolute Gasteiger partial charge is 0.388 e. The van der Waals surface area contributed by atoms with E-state index >= 15 is 0 Å². The third-order valence-electron chi connectivity index (χ3n) is 1.56. The summed E-state index contributed by atoms with van der Waals surface area (Å²) in [4.78, 5) is 0. The van der Waals surface area contributed by atoms with Crippen LogP contribution in [-0.4, -0.2) is 22.7 Å². The van der Waals surface area contributed by atoms with Crippen molar-refractivity contribution in [2.45, 2.75) is 33.3 Å². The molecular formula is C10H20OS. The second kappa shape index (κ2) is 5.65. The highest BCUT2D eigenvalue weighted by atomic mass is 32.2. The van der Waals surface area contributed by atoms with E-state index in [-0.39, 0.29) is 6.10 Å². The van der Waals surface area contributed by atoms with Gasteiger partial charge in [0.1, 0.15) is 0 Å². The predicted octanol–water partition coefficient (Wildman–Crippen LogP) is 2.70. The summed E-state index contributed by atoms with van der Waals surface area (Å²) in [5, 5.41) is 9.15. The Bertz CT molecular complexity index is 126. The smallest absolute Gasteiger partial charge is 0.0808 e. The van der Waals surface area contributed by atoms with Crippen molar-refractivity contribution in [1.29, 1.82) is 0 Å². The predicted molar refractivity (Wildman–Crippen MR) is 57.6 cm³/mol. The number of hydrogen-bond donors (Lipinski definition) is 1. The molecule has 0 aromatic carbocycles. The van der Waals surface area contributed by atoms with E-state index < -0.39 is 0 Å². The average Bonchev–Trinajstić information content (AvgIpc) is 1.96. The van der Waals surface area contributed by atoms with Crippen LogP contribution < -0.4 is 0 Å². The van der Waals surface area contributed by atoms with Crippen LogP contribution in [0.25, 0.3) is 0 Å². The minimum atomic E-state index is -0.338. The van der Waals surface area contributed by atoms with Crippen molar-refractivity contribution in [3.8, 4) is 0 Å². The summed E-state index contributed by atoms with van der Waals surface area (Å²) < 4.78 is 0. The van der Waals surface area contributed by atoms with E-state index in [0.29, 0.717) is 5.41 Å². The van der Waals surface area contributed by atoms with Crippen LogP contribution in [0, 0.1) is 5.41 Å². The van der Waals surface area contributed by atoms with Crippen LogP contribution in [0.1, 0.15) is 27.2 Å². The van der Waals surface area contributed by atoms with Crippen molar-refractivity contribution in [3.05, 3.63) is 12.7 Å². The number of aliphatic hydroxyl groups is 1. The van der Waals surface area contributed by atoms with Gasteiger partial charge < -0.3 is 5.11 Å². The zero-order valence-electron chi connectivity index (χ0n) is 8.34. The molecule has 0 saturated carbocycles. The molecule has 1 atom stereocenters. The molecule has 0 aliphatic carbocycles. The Morgan fingerprint density at radius 2 is 2.08 bits per heavy atom.